The predicted molar refractivity (Wildman–Crippen MR) is 147 cm³/mol. The summed E-state index contributed by atoms with van der Waals surface area (Å²) in [6.07, 6.45) is 4.99. The maximum absolute atomic E-state index is 6.07. The van der Waals surface area contributed by atoms with E-state index in [0.29, 0.717) is 34.9 Å². The molecule has 0 atom stereocenters. The van der Waals surface area contributed by atoms with Crippen LogP contribution < -0.4 is 15.4 Å². The summed E-state index contributed by atoms with van der Waals surface area (Å²) < 4.78 is 6.07. The molecule has 0 saturated carbocycles. The summed E-state index contributed by atoms with van der Waals surface area (Å²) in [5, 5.41) is 17.2. The molecular formula is C29H22N8O. The number of aromatic nitrogens is 6. The number of anilines is 3. The van der Waals surface area contributed by atoms with Gasteiger partial charge in [-0.3, -0.25) is 0 Å². The summed E-state index contributed by atoms with van der Waals surface area (Å²) in [4.78, 5) is 17.6. The molecule has 2 N–H and O–H groups in total. The molecule has 6 aromatic rings. The molecule has 0 aliphatic heterocycles. The van der Waals surface area contributed by atoms with Gasteiger partial charge in [-0.2, -0.15) is 0 Å². The zero-order valence-electron chi connectivity index (χ0n) is 20.4. The zero-order chi connectivity index (χ0) is 25.7. The minimum Gasteiger partial charge on any atom is -0.437 e. The molecule has 0 aliphatic rings. The number of fused-ring (bicyclic) bond motifs is 1. The summed E-state index contributed by atoms with van der Waals surface area (Å²) in [5.41, 5.74) is 3.29. The third-order valence-electron chi connectivity index (χ3n) is 5.86. The third kappa shape index (κ3) is 4.68. The van der Waals surface area contributed by atoms with Gasteiger partial charge >= 0.3 is 0 Å². The average Bonchev–Trinajstić information content (AvgIpc) is 2.99. The van der Waals surface area contributed by atoms with Gasteiger partial charge in [0.15, 0.2) is 5.82 Å². The van der Waals surface area contributed by atoms with Crippen molar-refractivity contribution in [3.05, 3.63) is 104 Å². The first-order valence-electron chi connectivity index (χ1n) is 12.0. The van der Waals surface area contributed by atoms with Gasteiger partial charge in [-0.1, -0.05) is 54.6 Å². The van der Waals surface area contributed by atoms with Gasteiger partial charge in [0, 0.05) is 35.8 Å². The van der Waals surface area contributed by atoms with Crippen LogP contribution in [0, 0.1) is 0 Å². The second kappa shape index (κ2) is 10.3. The van der Waals surface area contributed by atoms with Crippen LogP contribution in [0.5, 0.6) is 11.6 Å². The lowest BCUT2D eigenvalue weighted by Crippen LogP contribution is -2.01. The predicted octanol–water partition coefficient (Wildman–Crippen LogP) is 6.12. The number of benzene rings is 2. The Bertz CT molecular complexity index is 1710. The van der Waals surface area contributed by atoms with Crippen LogP contribution in [-0.4, -0.2) is 37.2 Å². The molecule has 0 bridgehead atoms. The second-order valence-electron chi connectivity index (χ2n) is 8.29. The lowest BCUT2D eigenvalue weighted by atomic mass is 10.0. The van der Waals surface area contributed by atoms with Crippen molar-refractivity contribution < 1.29 is 4.74 Å². The highest BCUT2D eigenvalue weighted by Crippen LogP contribution is 2.32. The molecule has 9 heteroatoms. The molecule has 0 fully saturated rings. The average molecular weight is 499 g/mol. The molecule has 184 valence electrons. The van der Waals surface area contributed by atoms with E-state index in [-0.39, 0.29) is 0 Å². The van der Waals surface area contributed by atoms with Gasteiger partial charge in [0.2, 0.25) is 11.8 Å². The highest BCUT2D eigenvalue weighted by molar-refractivity contribution is 6.00. The topological polar surface area (TPSA) is 111 Å². The number of nitrogens with one attached hydrogen (secondary N) is 2. The zero-order valence-corrected chi connectivity index (χ0v) is 20.4. The van der Waals surface area contributed by atoms with Crippen LogP contribution in [0.25, 0.3) is 33.3 Å². The summed E-state index contributed by atoms with van der Waals surface area (Å²) in [6.45, 7) is 0. The van der Waals surface area contributed by atoms with Gasteiger partial charge in [0.05, 0.1) is 17.5 Å². The molecule has 0 unspecified atom stereocenters. The lowest BCUT2D eigenvalue weighted by molar-refractivity contribution is 0.463. The second-order valence-corrected chi connectivity index (χ2v) is 8.29. The molecule has 0 radical (unpaired) electrons. The van der Waals surface area contributed by atoms with E-state index in [1.807, 2.05) is 84.9 Å². The molecule has 0 aliphatic carbocycles. The van der Waals surface area contributed by atoms with Gasteiger partial charge in [-0.25, -0.2) is 19.9 Å². The van der Waals surface area contributed by atoms with Crippen LogP contribution in [-0.2, 0) is 0 Å². The van der Waals surface area contributed by atoms with Crippen molar-refractivity contribution in [2.45, 2.75) is 0 Å². The molecule has 0 saturated heterocycles. The summed E-state index contributed by atoms with van der Waals surface area (Å²) in [5.74, 6) is 2.71. The van der Waals surface area contributed by atoms with Crippen molar-refractivity contribution >= 4 is 28.4 Å². The molecule has 9 nitrogen and oxygen atoms in total. The Labute approximate surface area is 218 Å². The van der Waals surface area contributed by atoms with Crippen LogP contribution in [0.1, 0.15) is 0 Å². The quantitative estimate of drug-likeness (QED) is 0.269. The summed E-state index contributed by atoms with van der Waals surface area (Å²) in [6, 6.07) is 27.3. The first kappa shape index (κ1) is 23.0. The minimum atomic E-state index is 0.420. The van der Waals surface area contributed by atoms with Crippen LogP contribution in [0.2, 0.25) is 0 Å². The molecule has 38 heavy (non-hydrogen) atoms. The van der Waals surface area contributed by atoms with Gasteiger partial charge < -0.3 is 15.4 Å². The van der Waals surface area contributed by atoms with Crippen molar-refractivity contribution in [1.82, 2.24) is 30.1 Å². The van der Waals surface area contributed by atoms with E-state index in [4.69, 9.17) is 4.74 Å². The van der Waals surface area contributed by atoms with Gasteiger partial charge in [-0.05, 0) is 30.3 Å². The fourth-order valence-electron chi connectivity index (χ4n) is 4.05. The maximum atomic E-state index is 6.07. The van der Waals surface area contributed by atoms with Gasteiger partial charge in [-0.15, -0.1) is 10.2 Å². The molecule has 4 heterocycles. The number of pyridine rings is 2. The molecule has 2 aromatic carbocycles. The lowest BCUT2D eigenvalue weighted by Gasteiger charge is -2.12. The van der Waals surface area contributed by atoms with Crippen LogP contribution in [0.3, 0.4) is 0 Å². The van der Waals surface area contributed by atoms with Crippen molar-refractivity contribution in [2.24, 2.45) is 0 Å². The monoisotopic (exact) mass is 498 g/mol. The van der Waals surface area contributed by atoms with Crippen molar-refractivity contribution in [3.63, 3.8) is 0 Å². The largest absolute Gasteiger partial charge is 0.437 e. The van der Waals surface area contributed by atoms with Crippen molar-refractivity contribution in [2.75, 3.05) is 17.7 Å². The van der Waals surface area contributed by atoms with Crippen LogP contribution in [0.4, 0.5) is 17.6 Å². The normalized spacial score (nSPS) is 10.8. The highest BCUT2D eigenvalue weighted by atomic mass is 16.5. The van der Waals surface area contributed by atoms with E-state index in [9.17, 15) is 0 Å². The van der Waals surface area contributed by atoms with Gasteiger partial charge in [0.1, 0.15) is 17.3 Å². The fraction of sp³-hybridized carbons (Fsp3) is 0.0345. The Balaban J connectivity index is 1.25. The Hall–Kier alpha value is -5.44. The Morgan fingerprint density at radius 1 is 0.711 bits per heavy atom. The first-order valence-corrected chi connectivity index (χ1v) is 12.0. The number of rotatable bonds is 7. The highest BCUT2D eigenvalue weighted by Gasteiger charge is 2.13. The SMILES string of the molecule is CNc1nccc(-c2cccnc2Oc2ccc(Nc3nnc(-c4ccccc4)c4ccccc34)nc2)n1. The van der Waals surface area contributed by atoms with E-state index in [0.717, 1.165) is 27.6 Å². The smallest absolute Gasteiger partial charge is 0.228 e. The molecule has 4 aromatic heterocycles. The van der Waals surface area contributed by atoms with E-state index in [1.54, 1.807) is 25.6 Å². The first-order chi connectivity index (χ1) is 18.8. The van der Waals surface area contributed by atoms with E-state index in [1.165, 1.54) is 0 Å². The maximum Gasteiger partial charge on any atom is 0.228 e. The van der Waals surface area contributed by atoms with Crippen LogP contribution >= 0.6 is 0 Å². The Morgan fingerprint density at radius 3 is 2.37 bits per heavy atom. The molecular weight excluding hydrogens is 476 g/mol. The summed E-state index contributed by atoms with van der Waals surface area (Å²) in [7, 11) is 1.77. The van der Waals surface area contributed by atoms with E-state index < -0.39 is 0 Å². The molecule has 6 rings (SSSR count). The summed E-state index contributed by atoms with van der Waals surface area (Å²) >= 11 is 0. The van der Waals surface area contributed by atoms with Crippen molar-refractivity contribution in [1.29, 1.82) is 0 Å². The van der Waals surface area contributed by atoms with Crippen LogP contribution in [0.15, 0.2) is 104 Å². The molecule has 0 spiro atoms. The van der Waals surface area contributed by atoms with Gasteiger partial charge in [0.25, 0.3) is 0 Å². The fourth-order valence-corrected chi connectivity index (χ4v) is 4.05. The third-order valence-corrected chi connectivity index (χ3v) is 5.86. The Morgan fingerprint density at radius 2 is 1.55 bits per heavy atom. The van der Waals surface area contributed by atoms with Crippen molar-refractivity contribution in [3.8, 4) is 34.1 Å². The Kier molecular flexibility index (Phi) is 6.22. The standard InChI is InChI=1S/C29H22N8O/c1-30-29-32-17-15-24(34-29)23-12-7-16-31-28(23)38-20-13-14-25(33-18-20)35-27-22-11-6-5-10-21(22)26(36-37-27)19-8-3-2-4-9-19/h2-18H,1H3,(H,30,32,34)(H,33,35,37). The van der Waals surface area contributed by atoms with E-state index in [2.05, 4.69) is 40.8 Å². The number of hydrogen-bond acceptors (Lipinski definition) is 9. The molecule has 0 amide bonds. The minimum absolute atomic E-state index is 0.420. The number of nitrogens with zero attached hydrogens (tertiary/aromatic N) is 6. The van der Waals surface area contributed by atoms with E-state index >= 15 is 0 Å². The number of ether oxygens (including phenoxy) is 1. The number of hydrogen-bond donors (Lipinski definition) is 2.